The van der Waals surface area contributed by atoms with E-state index >= 15 is 0 Å². The van der Waals surface area contributed by atoms with E-state index in [9.17, 15) is 0 Å². The van der Waals surface area contributed by atoms with Crippen LogP contribution in [0.2, 0.25) is 0 Å². The summed E-state index contributed by atoms with van der Waals surface area (Å²) in [4.78, 5) is 17.4. The van der Waals surface area contributed by atoms with Gasteiger partial charge in [0.05, 0.1) is 22.5 Å². The average Bonchev–Trinajstić information content (AvgIpc) is 3.50. The highest BCUT2D eigenvalue weighted by molar-refractivity contribution is 7.99. The van der Waals surface area contributed by atoms with E-state index in [0.29, 0.717) is 0 Å². The zero-order valence-corrected chi connectivity index (χ0v) is 30.6. The predicted octanol–water partition coefficient (Wildman–Crippen LogP) is 12.3. The highest BCUT2D eigenvalue weighted by Gasteiger charge is 2.50. The number of nitrogens with zero attached hydrogens (tertiary/aromatic N) is 3. The van der Waals surface area contributed by atoms with Crippen molar-refractivity contribution in [1.82, 2.24) is 15.0 Å². The lowest BCUT2D eigenvalue weighted by molar-refractivity contribution is 0.722. The van der Waals surface area contributed by atoms with Crippen LogP contribution in [0.4, 0.5) is 0 Å². The Kier molecular flexibility index (Phi) is 7.31. The standard InChI is InChI=1S/C49H35N3S/c1-30-26-43(50-29-31(30)2)36-24-25-41-47(27-36)53-46-19-10-9-17-40(46)49(41)39-16-8-7-14-37(39)48-38(15-11-18-42(48)49)45-28-44(51-32(3)52-45)35-22-20-34(21-23-35)33-12-5-4-6-13-33/h4-29H,1-3H3. The van der Waals surface area contributed by atoms with Crippen LogP contribution in [0, 0.1) is 20.8 Å². The van der Waals surface area contributed by atoms with Crippen LogP contribution in [0.25, 0.3) is 56.0 Å². The van der Waals surface area contributed by atoms with Crippen LogP contribution in [0.5, 0.6) is 0 Å². The van der Waals surface area contributed by atoms with Gasteiger partial charge in [0.15, 0.2) is 0 Å². The fourth-order valence-corrected chi connectivity index (χ4v) is 9.66. The van der Waals surface area contributed by atoms with Crippen molar-refractivity contribution < 1.29 is 0 Å². The maximum absolute atomic E-state index is 5.10. The molecule has 2 aliphatic rings. The third-order valence-corrected chi connectivity index (χ3v) is 12.2. The lowest BCUT2D eigenvalue weighted by Gasteiger charge is -2.39. The smallest absolute Gasteiger partial charge is 0.126 e. The van der Waals surface area contributed by atoms with E-state index in [1.807, 2.05) is 24.9 Å². The molecule has 0 amide bonds. The average molecular weight is 698 g/mol. The molecule has 0 radical (unpaired) electrons. The first-order valence-corrected chi connectivity index (χ1v) is 18.9. The highest BCUT2D eigenvalue weighted by atomic mass is 32.2. The van der Waals surface area contributed by atoms with Gasteiger partial charge in [-0.05, 0) is 101 Å². The molecule has 0 saturated heterocycles. The van der Waals surface area contributed by atoms with Crippen molar-refractivity contribution in [3.05, 3.63) is 197 Å². The molecule has 1 unspecified atom stereocenters. The molecule has 1 spiro atoms. The topological polar surface area (TPSA) is 38.7 Å². The van der Waals surface area contributed by atoms with Crippen LogP contribution in [0.15, 0.2) is 168 Å². The van der Waals surface area contributed by atoms with Gasteiger partial charge in [-0.3, -0.25) is 4.98 Å². The molecule has 0 saturated carbocycles. The molecule has 2 aromatic heterocycles. The molecule has 4 heteroatoms. The second-order valence-corrected chi connectivity index (χ2v) is 15.2. The monoisotopic (exact) mass is 697 g/mol. The Morgan fingerprint density at radius 2 is 1.08 bits per heavy atom. The zero-order valence-electron chi connectivity index (χ0n) is 29.8. The molecule has 1 aliphatic heterocycles. The zero-order chi connectivity index (χ0) is 35.7. The first-order chi connectivity index (χ1) is 26.0. The minimum Gasteiger partial charge on any atom is -0.256 e. The fraction of sp³-hybridized carbons (Fsp3) is 0.0816. The second kappa shape index (κ2) is 12.3. The Balaban J connectivity index is 1.17. The number of benzene rings is 6. The third kappa shape index (κ3) is 4.93. The molecule has 3 heterocycles. The number of aromatic nitrogens is 3. The van der Waals surface area contributed by atoms with Gasteiger partial charge in [0.1, 0.15) is 5.82 Å². The molecule has 53 heavy (non-hydrogen) atoms. The van der Waals surface area contributed by atoms with Crippen LogP contribution in [-0.2, 0) is 5.41 Å². The molecule has 0 bridgehead atoms. The summed E-state index contributed by atoms with van der Waals surface area (Å²) < 4.78 is 0. The summed E-state index contributed by atoms with van der Waals surface area (Å²) in [6.45, 7) is 6.27. The summed E-state index contributed by atoms with van der Waals surface area (Å²) in [7, 11) is 0. The molecule has 3 nitrogen and oxygen atoms in total. The maximum Gasteiger partial charge on any atom is 0.126 e. The van der Waals surface area contributed by atoms with Gasteiger partial charge in [-0.15, -0.1) is 0 Å². The van der Waals surface area contributed by atoms with Crippen molar-refractivity contribution in [1.29, 1.82) is 0 Å². The lowest BCUT2D eigenvalue weighted by Crippen LogP contribution is -2.32. The normalized spacial score (nSPS) is 15.1. The molecule has 1 atom stereocenters. The first-order valence-electron chi connectivity index (χ1n) is 18.1. The lowest BCUT2D eigenvalue weighted by atomic mass is 9.67. The Morgan fingerprint density at radius 1 is 0.434 bits per heavy atom. The summed E-state index contributed by atoms with van der Waals surface area (Å²) in [5.41, 5.74) is 18.2. The number of rotatable bonds is 4. The maximum atomic E-state index is 5.10. The van der Waals surface area contributed by atoms with Gasteiger partial charge in [-0.25, -0.2) is 9.97 Å². The molecule has 0 N–H and O–H groups in total. The van der Waals surface area contributed by atoms with Crippen molar-refractivity contribution in [2.24, 2.45) is 0 Å². The Morgan fingerprint density at radius 3 is 1.91 bits per heavy atom. The number of hydrogen-bond acceptors (Lipinski definition) is 4. The van der Waals surface area contributed by atoms with Gasteiger partial charge in [0.25, 0.3) is 0 Å². The quantitative estimate of drug-likeness (QED) is 0.183. The molecule has 10 rings (SSSR count). The number of aryl methyl sites for hydroxylation is 3. The molecular formula is C49H35N3S. The fourth-order valence-electron chi connectivity index (χ4n) is 8.43. The second-order valence-electron chi connectivity index (χ2n) is 14.1. The molecule has 6 aromatic carbocycles. The molecular weight excluding hydrogens is 663 g/mol. The van der Waals surface area contributed by atoms with Crippen LogP contribution < -0.4 is 0 Å². The van der Waals surface area contributed by atoms with E-state index in [0.717, 1.165) is 39.6 Å². The van der Waals surface area contributed by atoms with E-state index in [2.05, 4.69) is 166 Å². The molecule has 1 aliphatic carbocycles. The molecule has 8 aromatic rings. The summed E-state index contributed by atoms with van der Waals surface area (Å²) in [6, 6.07) is 55.3. The van der Waals surface area contributed by atoms with Crippen LogP contribution in [0.3, 0.4) is 0 Å². The van der Waals surface area contributed by atoms with E-state index in [-0.39, 0.29) is 0 Å². The van der Waals surface area contributed by atoms with Gasteiger partial charge in [0.2, 0.25) is 0 Å². The van der Waals surface area contributed by atoms with Gasteiger partial charge < -0.3 is 0 Å². The van der Waals surface area contributed by atoms with Gasteiger partial charge in [0, 0.05) is 32.7 Å². The summed E-state index contributed by atoms with van der Waals surface area (Å²) in [5.74, 6) is 0.750. The van der Waals surface area contributed by atoms with Crippen LogP contribution in [-0.4, -0.2) is 15.0 Å². The summed E-state index contributed by atoms with van der Waals surface area (Å²) in [5, 5.41) is 0. The summed E-state index contributed by atoms with van der Waals surface area (Å²) >= 11 is 1.86. The van der Waals surface area contributed by atoms with Gasteiger partial charge in [-0.2, -0.15) is 0 Å². The minimum atomic E-state index is -0.494. The van der Waals surface area contributed by atoms with Gasteiger partial charge >= 0.3 is 0 Å². The molecule has 252 valence electrons. The number of hydrogen-bond donors (Lipinski definition) is 0. The van der Waals surface area contributed by atoms with Crippen LogP contribution in [0.1, 0.15) is 39.2 Å². The Labute approximate surface area is 314 Å². The van der Waals surface area contributed by atoms with Crippen molar-refractivity contribution in [2.45, 2.75) is 36.0 Å². The van der Waals surface area contributed by atoms with Gasteiger partial charge in [-0.1, -0.05) is 139 Å². The first kappa shape index (κ1) is 31.6. The Hall–Kier alpha value is -6.10. The highest BCUT2D eigenvalue weighted by Crippen LogP contribution is 2.63. The largest absolute Gasteiger partial charge is 0.256 e. The van der Waals surface area contributed by atoms with Crippen molar-refractivity contribution in [2.75, 3.05) is 0 Å². The van der Waals surface area contributed by atoms with E-state index in [1.54, 1.807) is 0 Å². The van der Waals surface area contributed by atoms with E-state index in [4.69, 9.17) is 15.0 Å². The Bertz CT molecular complexity index is 2730. The molecule has 0 fully saturated rings. The van der Waals surface area contributed by atoms with Crippen molar-refractivity contribution in [3.8, 4) is 56.0 Å². The SMILES string of the molecule is Cc1nc(-c2ccc(-c3ccccc3)cc2)cc(-c2cccc3c2-c2ccccc2C32c3ccccc3Sc3cc(-c4cc(C)c(C)cn4)ccc32)n1. The number of pyridine rings is 1. The third-order valence-electron chi connectivity index (χ3n) is 11.0. The van der Waals surface area contributed by atoms with E-state index < -0.39 is 5.41 Å². The van der Waals surface area contributed by atoms with E-state index in [1.165, 1.54) is 65.4 Å². The summed E-state index contributed by atoms with van der Waals surface area (Å²) in [6.07, 6.45) is 1.99. The number of fused-ring (bicyclic) bond motifs is 9. The van der Waals surface area contributed by atoms with Crippen molar-refractivity contribution in [3.63, 3.8) is 0 Å². The van der Waals surface area contributed by atoms with Crippen LogP contribution >= 0.6 is 11.8 Å². The minimum absolute atomic E-state index is 0.494. The predicted molar refractivity (Wildman–Crippen MR) is 217 cm³/mol. The van der Waals surface area contributed by atoms with Crippen molar-refractivity contribution >= 4 is 11.8 Å².